The van der Waals surface area contributed by atoms with E-state index in [-0.39, 0.29) is 6.04 Å². The number of aliphatic hydroxyl groups is 3. The molecule has 4 rings (SSSR count). The van der Waals surface area contributed by atoms with Gasteiger partial charge in [0.1, 0.15) is 24.6 Å². The lowest BCUT2D eigenvalue weighted by molar-refractivity contribution is -0.0511. The highest BCUT2D eigenvalue weighted by molar-refractivity contribution is 5.83. The molecule has 1 saturated heterocycles. The van der Waals surface area contributed by atoms with E-state index in [0.717, 1.165) is 12.0 Å². The van der Waals surface area contributed by atoms with Gasteiger partial charge in [-0.3, -0.25) is 4.57 Å². The predicted octanol–water partition coefficient (Wildman–Crippen LogP) is 1.00. The second-order valence-electron chi connectivity index (χ2n) is 6.79. The molecule has 3 aromatic rings. The minimum absolute atomic E-state index is 0.0540. The Balaban J connectivity index is 1.66. The van der Waals surface area contributed by atoms with Crippen LogP contribution in [0.1, 0.15) is 31.2 Å². The van der Waals surface area contributed by atoms with Crippen LogP contribution in [0.4, 0.5) is 5.82 Å². The third kappa shape index (κ3) is 3.22. The van der Waals surface area contributed by atoms with E-state index < -0.39 is 31.1 Å². The Labute approximate surface area is 161 Å². The Kier molecular flexibility index (Phi) is 5.23. The first kappa shape index (κ1) is 18.8. The standard InChI is InChI=1S/C19H23N5O4/c1-2-12(11-6-4-3-5-7-11)23-17-14-18(21-9-20-17)24(10-22-14)19-16(27)15(26)13(8-25)28-19/h3-7,9-10,12-13,15-16,19,25-27H,2,8H2,1H3,(H,20,21,23)/t12?,13-,15+,16?,19-/m1/s1. The molecule has 2 unspecified atom stereocenters. The van der Waals surface area contributed by atoms with E-state index in [1.165, 1.54) is 12.7 Å². The molecule has 1 aromatic carbocycles. The van der Waals surface area contributed by atoms with Crippen molar-refractivity contribution in [3.8, 4) is 0 Å². The van der Waals surface area contributed by atoms with Crippen molar-refractivity contribution in [3.05, 3.63) is 48.5 Å². The Bertz CT molecular complexity index is 934. The number of aliphatic hydroxyl groups excluding tert-OH is 3. The molecule has 2 aromatic heterocycles. The summed E-state index contributed by atoms with van der Waals surface area (Å²) in [6.45, 7) is 1.69. The molecule has 0 spiro atoms. The lowest BCUT2D eigenvalue weighted by Crippen LogP contribution is -2.33. The highest BCUT2D eigenvalue weighted by atomic mass is 16.6. The number of anilines is 1. The fourth-order valence-corrected chi connectivity index (χ4v) is 3.53. The summed E-state index contributed by atoms with van der Waals surface area (Å²) in [5.41, 5.74) is 2.14. The van der Waals surface area contributed by atoms with E-state index >= 15 is 0 Å². The Morgan fingerprint density at radius 1 is 1.14 bits per heavy atom. The maximum Gasteiger partial charge on any atom is 0.167 e. The molecule has 1 fully saturated rings. The van der Waals surface area contributed by atoms with Gasteiger partial charge in [0.05, 0.1) is 19.0 Å². The van der Waals surface area contributed by atoms with Crippen LogP contribution in [0.2, 0.25) is 0 Å². The summed E-state index contributed by atoms with van der Waals surface area (Å²) in [6.07, 6.45) is -0.375. The van der Waals surface area contributed by atoms with Gasteiger partial charge in [-0.1, -0.05) is 37.3 Å². The highest BCUT2D eigenvalue weighted by Gasteiger charge is 2.44. The molecule has 28 heavy (non-hydrogen) atoms. The average molecular weight is 385 g/mol. The van der Waals surface area contributed by atoms with E-state index in [1.807, 2.05) is 18.2 Å². The van der Waals surface area contributed by atoms with Gasteiger partial charge in [-0.2, -0.15) is 0 Å². The molecule has 3 heterocycles. The second kappa shape index (κ2) is 7.80. The fraction of sp³-hybridized carbons (Fsp3) is 0.421. The van der Waals surface area contributed by atoms with Crippen LogP contribution in [0.15, 0.2) is 43.0 Å². The number of rotatable bonds is 6. The van der Waals surface area contributed by atoms with Crippen LogP contribution in [0, 0.1) is 0 Å². The maximum atomic E-state index is 10.3. The van der Waals surface area contributed by atoms with Crippen LogP contribution >= 0.6 is 0 Å². The maximum absolute atomic E-state index is 10.3. The van der Waals surface area contributed by atoms with Crippen molar-refractivity contribution in [2.75, 3.05) is 11.9 Å². The average Bonchev–Trinajstić information content (AvgIpc) is 3.28. The first-order valence-electron chi connectivity index (χ1n) is 9.25. The summed E-state index contributed by atoms with van der Waals surface area (Å²) in [5, 5.41) is 33.0. The monoisotopic (exact) mass is 385 g/mol. The predicted molar refractivity (Wildman–Crippen MR) is 101 cm³/mol. The SMILES string of the molecule is CCC(Nc1ncnc2c1ncn2[C@@H]1O[C@H](CO)[C@H](O)C1O)c1ccccc1. The van der Waals surface area contributed by atoms with E-state index in [2.05, 4.69) is 39.3 Å². The first-order valence-corrected chi connectivity index (χ1v) is 9.25. The third-order valence-corrected chi connectivity index (χ3v) is 5.07. The lowest BCUT2D eigenvalue weighted by Gasteiger charge is -2.19. The van der Waals surface area contributed by atoms with Crippen molar-refractivity contribution in [2.45, 2.75) is 43.9 Å². The van der Waals surface area contributed by atoms with Crippen molar-refractivity contribution in [1.29, 1.82) is 0 Å². The van der Waals surface area contributed by atoms with E-state index in [1.54, 1.807) is 4.57 Å². The van der Waals surface area contributed by atoms with Crippen LogP contribution < -0.4 is 5.32 Å². The van der Waals surface area contributed by atoms with E-state index in [0.29, 0.717) is 17.0 Å². The summed E-state index contributed by atoms with van der Waals surface area (Å²) < 4.78 is 7.14. The van der Waals surface area contributed by atoms with Crippen LogP contribution in [-0.4, -0.2) is 59.8 Å². The quantitative estimate of drug-likeness (QED) is 0.495. The number of ether oxygens (including phenoxy) is 1. The summed E-state index contributed by atoms with van der Waals surface area (Å²) in [4.78, 5) is 13.0. The molecule has 0 radical (unpaired) electrons. The zero-order valence-corrected chi connectivity index (χ0v) is 15.4. The molecule has 1 aliphatic rings. The molecule has 0 amide bonds. The minimum Gasteiger partial charge on any atom is -0.394 e. The molecule has 9 heteroatoms. The van der Waals surface area contributed by atoms with Gasteiger partial charge >= 0.3 is 0 Å². The first-order chi connectivity index (χ1) is 13.6. The van der Waals surface area contributed by atoms with Gasteiger partial charge in [-0.15, -0.1) is 0 Å². The summed E-state index contributed by atoms with van der Waals surface area (Å²) in [6, 6.07) is 10.1. The van der Waals surface area contributed by atoms with Gasteiger partial charge < -0.3 is 25.4 Å². The summed E-state index contributed by atoms with van der Waals surface area (Å²) in [7, 11) is 0. The summed E-state index contributed by atoms with van der Waals surface area (Å²) in [5.74, 6) is 0.575. The number of fused-ring (bicyclic) bond motifs is 1. The van der Waals surface area contributed by atoms with Gasteiger partial charge in [0.15, 0.2) is 23.2 Å². The second-order valence-corrected chi connectivity index (χ2v) is 6.79. The number of imidazole rings is 1. The molecule has 9 nitrogen and oxygen atoms in total. The Morgan fingerprint density at radius 3 is 2.61 bits per heavy atom. The van der Waals surface area contributed by atoms with Crippen LogP contribution in [0.3, 0.4) is 0 Å². The number of benzene rings is 1. The van der Waals surface area contributed by atoms with Crippen LogP contribution in [0.5, 0.6) is 0 Å². The van der Waals surface area contributed by atoms with Gasteiger partial charge in [0.2, 0.25) is 0 Å². The molecular formula is C19H23N5O4. The molecule has 0 bridgehead atoms. The van der Waals surface area contributed by atoms with E-state index in [9.17, 15) is 15.3 Å². The normalized spacial score (nSPS) is 25.9. The zero-order valence-electron chi connectivity index (χ0n) is 15.4. The smallest absolute Gasteiger partial charge is 0.167 e. The molecule has 148 valence electrons. The fourth-order valence-electron chi connectivity index (χ4n) is 3.53. The lowest BCUT2D eigenvalue weighted by atomic mass is 10.0. The van der Waals surface area contributed by atoms with Crippen LogP contribution in [-0.2, 0) is 4.74 Å². The topological polar surface area (TPSA) is 126 Å². The minimum atomic E-state index is -1.20. The molecule has 5 atom stereocenters. The largest absolute Gasteiger partial charge is 0.394 e. The number of nitrogens with one attached hydrogen (secondary N) is 1. The van der Waals surface area contributed by atoms with Gasteiger partial charge in [0.25, 0.3) is 0 Å². The number of hydrogen-bond acceptors (Lipinski definition) is 8. The number of nitrogens with zero attached hydrogens (tertiary/aromatic N) is 4. The van der Waals surface area contributed by atoms with Gasteiger partial charge in [0, 0.05) is 0 Å². The zero-order chi connectivity index (χ0) is 19.7. The van der Waals surface area contributed by atoms with Gasteiger partial charge in [-0.05, 0) is 12.0 Å². The molecule has 0 aliphatic carbocycles. The number of hydrogen-bond donors (Lipinski definition) is 4. The van der Waals surface area contributed by atoms with Crippen molar-refractivity contribution in [2.24, 2.45) is 0 Å². The molecule has 4 N–H and O–H groups in total. The van der Waals surface area contributed by atoms with Crippen molar-refractivity contribution >= 4 is 17.0 Å². The van der Waals surface area contributed by atoms with Gasteiger partial charge in [-0.25, -0.2) is 15.0 Å². The summed E-state index contributed by atoms with van der Waals surface area (Å²) >= 11 is 0. The molecular weight excluding hydrogens is 362 g/mol. The van der Waals surface area contributed by atoms with E-state index in [4.69, 9.17) is 4.74 Å². The third-order valence-electron chi connectivity index (χ3n) is 5.07. The number of aromatic nitrogens is 4. The van der Waals surface area contributed by atoms with Crippen molar-refractivity contribution in [1.82, 2.24) is 19.5 Å². The van der Waals surface area contributed by atoms with Crippen LogP contribution in [0.25, 0.3) is 11.2 Å². The highest BCUT2D eigenvalue weighted by Crippen LogP contribution is 2.32. The Morgan fingerprint density at radius 2 is 1.93 bits per heavy atom. The molecule has 1 aliphatic heterocycles. The van der Waals surface area contributed by atoms with Crippen molar-refractivity contribution in [3.63, 3.8) is 0 Å². The molecule has 0 saturated carbocycles. The Hall–Kier alpha value is -2.59. The van der Waals surface area contributed by atoms with Crippen molar-refractivity contribution < 1.29 is 20.1 Å².